The number of hydrogen-bond donors (Lipinski definition) is 0. The molecule has 0 atom stereocenters. The molecule has 112 valence electrons. The van der Waals surface area contributed by atoms with Crippen LogP contribution in [0, 0.1) is 6.92 Å². The van der Waals surface area contributed by atoms with E-state index in [4.69, 9.17) is 9.72 Å². The molecule has 0 spiro atoms. The van der Waals surface area contributed by atoms with Gasteiger partial charge in [-0.25, -0.2) is 4.98 Å². The Labute approximate surface area is 137 Å². The van der Waals surface area contributed by atoms with E-state index in [2.05, 4.69) is 29.2 Å². The summed E-state index contributed by atoms with van der Waals surface area (Å²) in [5.41, 5.74) is 2.22. The lowest BCUT2D eigenvalue weighted by atomic mass is 10.1. The minimum atomic E-state index is 0.634. The fraction of sp³-hybridized carbons (Fsp3) is 0.294. The summed E-state index contributed by atoms with van der Waals surface area (Å²) in [6.45, 7) is 4.57. The average Bonchev–Trinajstić information content (AvgIpc) is 2.78. The van der Waals surface area contributed by atoms with Crippen LogP contribution in [0.15, 0.2) is 29.2 Å². The van der Waals surface area contributed by atoms with Crippen molar-refractivity contribution in [3.8, 4) is 16.5 Å². The summed E-state index contributed by atoms with van der Waals surface area (Å²) in [6.07, 6.45) is 0.950. The molecule has 1 aromatic carbocycles. The molecule has 1 aliphatic heterocycles. The molecule has 0 bridgehead atoms. The molecule has 0 amide bonds. The first-order chi connectivity index (χ1) is 10.8. The molecule has 0 fully saturated rings. The second kappa shape index (κ2) is 5.56. The minimum Gasteiger partial charge on any atom is -0.478 e. The third-order valence-corrected chi connectivity index (χ3v) is 6.15. The first-order valence-corrected chi connectivity index (χ1v) is 9.23. The number of aromatic nitrogens is 2. The van der Waals surface area contributed by atoms with Crippen molar-refractivity contribution in [1.29, 1.82) is 0 Å². The maximum absolute atomic E-state index is 5.77. The Balaban J connectivity index is 2.01. The number of fused-ring (bicyclic) bond motifs is 5. The van der Waals surface area contributed by atoms with Crippen LogP contribution in [-0.4, -0.2) is 22.3 Å². The first-order valence-electron chi connectivity index (χ1n) is 7.43. The number of ether oxygens (including phenoxy) is 1. The van der Waals surface area contributed by atoms with Crippen molar-refractivity contribution < 1.29 is 4.74 Å². The van der Waals surface area contributed by atoms with Crippen molar-refractivity contribution in [3.05, 3.63) is 35.7 Å². The van der Waals surface area contributed by atoms with Crippen LogP contribution in [0.4, 0.5) is 0 Å². The lowest BCUT2D eigenvalue weighted by molar-refractivity contribution is 0.322. The molecule has 5 heteroatoms. The summed E-state index contributed by atoms with van der Waals surface area (Å²) < 4.78 is 7.10. The molecule has 1 aliphatic rings. The third kappa shape index (κ3) is 2.20. The van der Waals surface area contributed by atoms with Crippen LogP contribution in [0.5, 0.6) is 5.88 Å². The van der Waals surface area contributed by atoms with Crippen molar-refractivity contribution >= 4 is 33.2 Å². The fourth-order valence-corrected chi connectivity index (χ4v) is 5.37. The fourth-order valence-electron chi connectivity index (χ4n) is 2.82. The molecule has 0 unspecified atom stereocenters. The van der Waals surface area contributed by atoms with Crippen LogP contribution >= 0.6 is 23.1 Å². The summed E-state index contributed by atoms with van der Waals surface area (Å²) in [5, 5.41) is 1.34. The summed E-state index contributed by atoms with van der Waals surface area (Å²) >= 11 is 3.75. The number of aryl methyl sites for hydroxylation is 1. The summed E-state index contributed by atoms with van der Waals surface area (Å²) in [4.78, 5) is 11.9. The Hall–Kier alpha value is -1.59. The van der Waals surface area contributed by atoms with Crippen LogP contribution in [0.3, 0.4) is 0 Å². The summed E-state index contributed by atoms with van der Waals surface area (Å²) in [5.74, 6) is 2.57. The van der Waals surface area contributed by atoms with Gasteiger partial charge in [-0.15, -0.1) is 23.1 Å². The smallest absolute Gasteiger partial charge is 0.220 e. The van der Waals surface area contributed by atoms with Gasteiger partial charge in [-0.05, 0) is 26.3 Å². The number of benzene rings is 1. The van der Waals surface area contributed by atoms with Crippen molar-refractivity contribution in [1.82, 2.24) is 9.97 Å². The van der Waals surface area contributed by atoms with Crippen LogP contribution in [0.2, 0.25) is 0 Å². The summed E-state index contributed by atoms with van der Waals surface area (Å²) in [7, 11) is 0. The zero-order valence-electron chi connectivity index (χ0n) is 12.5. The lowest BCUT2D eigenvalue weighted by Gasteiger charge is -2.11. The second-order valence-corrected chi connectivity index (χ2v) is 7.35. The molecule has 0 aliphatic carbocycles. The van der Waals surface area contributed by atoms with Crippen LogP contribution in [-0.2, 0) is 6.42 Å². The molecule has 4 rings (SSSR count). The normalized spacial score (nSPS) is 13.5. The van der Waals surface area contributed by atoms with Gasteiger partial charge in [-0.3, -0.25) is 0 Å². The Kier molecular flexibility index (Phi) is 3.54. The van der Waals surface area contributed by atoms with Crippen LogP contribution in [0.25, 0.3) is 20.7 Å². The number of thiophene rings is 1. The van der Waals surface area contributed by atoms with Gasteiger partial charge in [-0.2, -0.15) is 4.98 Å². The highest BCUT2D eigenvalue weighted by Gasteiger charge is 2.24. The molecule has 0 saturated heterocycles. The van der Waals surface area contributed by atoms with Crippen LogP contribution < -0.4 is 4.74 Å². The van der Waals surface area contributed by atoms with Crippen molar-refractivity contribution in [2.75, 3.05) is 12.4 Å². The monoisotopic (exact) mass is 328 g/mol. The largest absolute Gasteiger partial charge is 0.478 e. The van der Waals surface area contributed by atoms with E-state index >= 15 is 0 Å². The second-order valence-electron chi connectivity index (χ2n) is 5.19. The number of hydrogen-bond acceptors (Lipinski definition) is 5. The van der Waals surface area contributed by atoms with E-state index in [-0.39, 0.29) is 0 Å². The first kappa shape index (κ1) is 14.0. The van der Waals surface area contributed by atoms with Gasteiger partial charge in [0.15, 0.2) is 0 Å². The highest BCUT2D eigenvalue weighted by atomic mass is 32.2. The van der Waals surface area contributed by atoms with Gasteiger partial charge < -0.3 is 4.74 Å². The quantitative estimate of drug-likeness (QED) is 0.682. The molecule has 3 heterocycles. The van der Waals surface area contributed by atoms with Gasteiger partial charge >= 0.3 is 0 Å². The molecule has 0 saturated carbocycles. The molecule has 0 N–H and O–H groups in total. The maximum Gasteiger partial charge on any atom is 0.220 e. The molecular formula is C17H16N2OS2. The molecule has 0 radical (unpaired) electrons. The van der Waals surface area contributed by atoms with Crippen molar-refractivity contribution in [2.45, 2.75) is 25.2 Å². The highest BCUT2D eigenvalue weighted by Crippen LogP contribution is 2.47. The van der Waals surface area contributed by atoms with Gasteiger partial charge in [0.1, 0.15) is 5.82 Å². The van der Waals surface area contributed by atoms with Crippen LogP contribution in [0.1, 0.15) is 18.3 Å². The Morgan fingerprint density at radius 1 is 1.23 bits per heavy atom. The van der Waals surface area contributed by atoms with E-state index in [0.29, 0.717) is 6.61 Å². The third-order valence-electron chi connectivity index (χ3n) is 3.73. The van der Waals surface area contributed by atoms with Gasteiger partial charge in [0.2, 0.25) is 5.88 Å². The van der Waals surface area contributed by atoms with E-state index < -0.39 is 0 Å². The predicted octanol–water partition coefficient (Wildman–Crippen LogP) is 4.71. The Morgan fingerprint density at radius 2 is 2.09 bits per heavy atom. The molecular weight excluding hydrogens is 312 g/mol. The number of nitrogens with zero attached hydrogens (tertiary/aromatic N) is 2. The maximum atomic E-state index is 5.77. The standard InChI is InChI=1S/C17H16N2OS2/c1-3-20-17-12-8-9-21-15-11-6-4-5-7-13(11)22-16(15)14(12)18-10(2)19-17/h4-7H,3,8-9H2,1-2H3. The molecule has 3 aromatic rings. The van der Waals surface area contributed by atoms with Gasteiger partial charge in [0.25, 0.3) is 0 Å². The minimum absolute atomic E-state index is 0.634. The van der Waals surface area contributed by atoms with Gasteiger partial charge in [0.05, 0.1) is 17.2 Å². The van der Waals surface area contributed by atoms with E-state index in [1.54, 1.807) is 0 Å². The molecule has 2 aromatic heterocycles. The topological polar surface area (TPSA) is 35.0 Å². The molecule has 22 heavy (non-hydrogen) atoms. The SMILES string of the molecule is CCOc1nc(C)nc2c1CCSc1c-2sc2ccccc12. The summed E-state index contributed by atoms with van der Waals surface area (Å²) in [6, 6.07) is 8.60. The van der Waals surface area contributed by atoms with Crippen molar-refractivity contribution in [2.24, 2.45) is 0 Å². The van der Waals surface area contributed by atoms with Crippen molar-refractivity contribution in [3.63, 3.8) is 0 Å². The van der Waals surface area contributed by atoms with E-state index in [1.807, 2.05) is 36.9 Å². The average molecular weight is 328 g/mol. The van der Waals surface area contributed by atoms with E-state index in [9.17, 15) is 0 Å². The van der Waals surface area contributed by atoms with Gasteiger partial charge in [0, 0.05) is 26.3 Å². The Morgan fingerprint density at radius 3 is 2.95 bits per heavy atom. The number of rotatable bonds is 2. The zero-order chi connectivity index (χ0) is 15.1. The van der Waals surface area contributed by atoms with E-state index in [0.717, 1.165) is 35.1 Å². The number of thioether (sulfide) groups is 1. The van der Waals surface area contributed by atoms with Gasteiger partial charge in [-0.1, -0.05) is 18.2 Å². The zero-order valence-corrected chi connectivity index (χ0v) is 14.2. The van der Waals surface area contributed by atoms with E-state index in [1.165, 1.54) is 19.9 Å². The highest BCUT2D eigenvalue weighted by molar-refractivity contribution is 7.99. The molecule has 3 nitrogen and oxygen atoms in total. The predicted molar refractivity (Wildman–Crippen MR) is 93.2 cm³/mol. The lowest BCUT2D eigenvalue weighted by Crippen LogP contribution is -2.05. The Bertz CT molecular complexity index is 857.